The van der Waals surface area contributed by atoms with Crippen molar-refractivity contribution >= 4 is 0 Å². The predicted molar refractivity (Wildman–Crippen MR) is 61.4 cm³/mol. The Morgan fingerprint density at radius 3 is 2.71 bits per heavy atom. The van der Waals surface area contributed by atoms with E-state index in [-0.39, 0.29) is 0 Å². The van der Waals surface area contributed by atoms with Gasteiger partial charge < -0.3 is 15.5 Å². The molecule has 3 heteroatoms. The summed E-state index contributed by atoms with van der Waals surface area (Å²) in [6.45, 7) is 5.86. The van der Waals surface area contributed by atoms with Crippen molar-refractivity contribution < 1.29 is 0 Å². The van der Waals surface area contributed by atoms with E-state index in [9.17, 15) is 0 Å². The molecule has 3 nitrogen and oxygen atoms in total. The maximum atomic E-state index is 5.66. The van der Waals surface area contributed by atoms with Gasteiger partial charge in [-0.25, -0.2) is 0 Å². The molecular weight excluding hydrogens is 174 g/mol. The van der Waals surface area contributed by atoms with Crippen LogP contribution in [0.3, 0.4) is 0 Å². The van der Waals surface area contributed by atoms with Gasteiger partial charge >= 0.3 is 0 Å². The fourth-order valence-electron chi connectivity index (χ4n) is 2.07. The third-order valence-electron chi connectivity index (χ3n) is 3.03. The Bertz CT molecular complexity index is 147. The van der Waals surface area contributed by atoms with Crippen molar-refractivity contribution in [3.05, 3.63) is 0 Å². The number of nitrogens with zero attached hydrogens (tertiary/aromatic N) is 2. The van der Waals surface area contributed by atoms with E-state index in [1.54, 1.807) is 0 Å². The summed E-state index contributed by atoms with van der Waals surface area (Å²) in [6.07, 6.45) is 3.95. The molecule has 1 atom stereocenters. The number of unbranched alkanes of at least 4 members (excludes halogenated alkanes) is 1. The molecule has 1 heterocycles. The summed E-state index contributed by atoms with van der Waals surface area (Å²) in [7, 11) is 4.28. The molecule has 2 N–H and O–H groups in total. The van der Waals surface area contributed by atoms with Gasteiger partial charge in [0, 0.05) is 6.54 Å². The van der Waals surface area contributed by atoms with Crippen molar-refractivity contribution in [3.63, 3.8) is 0 Å². The van der Waals surface area contributed by atoms with Crippen molar-refractivity contribution in [2.75, 3.05) is 46.8 Å². The van der Waals surface area contributed by atoms with Gasteiger partial charge in [-0.15, -0.1) is 0 Å². The SMILES string of the molecule is CN(C)CCCCN1CCC(CN)C1. The van der Waals surface area contributed by atoms with Gasteiger partial charge in [0.15, 0.2) is 0 Å². The van der Waals surface area contributed by atoms with Crippen LogP contribution in [0.5, 0.6) is 0 Å². The third kappa shape index (κ3) is 4.40. The van der Waals surface area contributed by atoms with Crippen molar-refractivity contribution in [1.29, 1.82) is 0 Å². The second-order valence-corrected chi connectivity index (χ2v) is 4.70. The van der Waals surface area contributed by atoms with Gasteiger partial charge in [-0.2, -0.15) is 0 Å². The number of rotatable bonds is 6. The summed E-state index contributed by atoms with van der Waals surface area (Å²) >= 11 is 0. The Balaban J connectivity index is 1.97. The first-order valence-electron chi connectivity index (χ1n) is 5.79. The summed E-state index contributed by atoms with van der Waals surface area (Å²) in [5.41, 5.74) is 5.66. The highest BCUT2D eigenvalue weighted by Gasteiger charge is 2.19. The summed E-state index contributed by atoms with van der Waals surface area (Å²) in [5.74, 6) is 0.767. The highest BCUT2D eigenvalue weighted by molar-refractivity contribution is 4.75. The van der Waals surface area contributed by atoms with Crippen molar-refractivity contribution in [1.82, 2.24) is 9.80 Å². The van der Waals surface area contributed by atoms with Crippen LogP contribution in [0, 0.1) is 5.92 Å². The largest absolute Gasteiger partial charge is 0.330 e. The summed E-state index contributed by atoms with van der Waals surface area (Å²) < 4.78 is 0. The minimum Gasteiger partial charge on any atom is -0.330 e. The Morgan fingerprint density at radius 1 is 1.36 bits per heavy atom. The van der Waals surface area contributed by atoms with Gasteiger partial charge in [-0.05, 0) is 65.5 Å². The zero-order valence-corrected chi connectivity index (χ0v) is 9.71. The zero-order chi connectivity index (χ0) is 10.4. The molecule has 1 aliphatic heterocycles. The lowest BCUT2D eigenvalue weighted by Gasteiger charge is -2.16. The van der Waals surface area contributed by atoms with Crippen LogP contribution in [0.25, 0.3) is 0 Å². The molecule has 1 fully saturated rings. The van der Waals surface area contributed by atoms with E-state index >= 15 is 0 Å². The first-order chi connectivity index (χ1) is 6.72. The van der Waals surface area contributed by atoms with Gasteiger partial charge in [-0.1, -0.05) is 0 Å². The molecule has 14 heavy (non-hydrogen) atoms. The Labute approximate surface area is 88.2 Å². The van der Waals surface area contributed by atoms with E-state index in [0.717, 1.165) is 12.5 Å². The molecule has 0 amide bonds. The van der Waals surface area contributed by atoms with Crippen LogP contribution in [0.2, 0.25) is 0 Å². The van der Waals surface area contributed by atoms with E-state index in [1.165, 1.54) is 45.4 Å². The molecule has 1 aliphatic rings. The van der Waals surface area contributed by atoms with Crippen LogP contribution in [0.15, 0.2) is 0 Å². The van der Waals surface area contributed by atoms with Crippen molar-refractivity contribution in [3.8, 4) is 0 Å². The van der Waals surface area contributed by atoms with Crippen LogP contribution < -0.4 is 5.73 Å². The van der Waals surface area contributed by atoms with Gasteiger partial charge in [0.1, 0.15) is 0 Å². The van der Waals surface area contributed by atoms with Crippen LogP contribution in [0.4, 0.5) is 0 Å². The predicted octanol–water partition coefficient (Wildman–Crippen LogP) is 0.609. The van der Waals surface area contributed by atoms with Crippen molar-refractivity contribution in [2.45, 2.75) is 19.3 Å². The molecule has 0 aliphatic carbocycles. The van der Waals surface area contributed by atoms with Gasteiger partial charge in [0.05, 0.1) is 0 Å². The number of hydrogen-bond donors (Lipinski definition) is 1. The first kappa shape index (κ1) is 12.0. The normalized spacial score (nSPS) is 23.6. The average Bonchev–Trinajstić information content (AvgIpc) is 2.60. The zero-order valence-electron chi connectivity index (χ0n) is 9.71. The average molecular weight is 199 g/mol. The van der Waals surface area contributed by atoms with Crippen LogP contribution in [0.1, 0.15) is 19.3 Å². The lowest BCUT2D eigenvalue weighted by molar-refractivity contribution is 0.304. The third-order valence-corrected chi connectivity index (χ3v) is 3.03. The standard InChI is InChI=1S/C11H25N3/c1-13(2)6-3-4-7-14-8-5-11(9-12)10-14/h11H,3-10,12H2,1-2H3. The summed E-state index contributed by atoms with van der Waals surface area (Å²) in [4.78, 5) is 4.82. The van der Waals surface area contributed by atoms with E-state index < -0.39 is 0 Å². The second kappa shape index (κ2) is 6.38. The van der Waals surface area contributed by atoms with Crippen LogP contribution in [-0.4, -0.2) is 56.6 Å². The molecule has 1 rings (SSSR count). The lowest BCUT2D eigenvalue weighted by Crippen LogP contribution is -2.25. The highest BCUT2D eigenvalue weighted by atomic mass is 15.1. The Hall–Kier alpha value is -0.120. The minimum atomic E-state index is 0.767. The van der Waals surface area contributed by atoms with E-state index in [1.807, 2.05) is 0 Å². The first-order valence-corrected chi connectivity index (χ1v) is 5.79. The van der Waals surface area contributed by atoms with Gasteiger partial charge in [-0.3, -0.25) is 0 Å². The lowest BCUT2D eigenvalue weighted by atomic mass is 10.1. The fourth-order valence-corrected chi connectivity index (χ4v) is 2.07. The number of likely N-dealkylation sites (tertiary alicyclic amines) is 1. The summed E-state index contributed by atoms with van der Waals surface area (Å²) in [5, 5.41) is 0. The molecule has 0 saturated carbocycles. The molecule has 1 saturated heterocycles. The summed E-state index contributed by atoms with van der Waals surface area (Å²) in [6, 6.07) is 0. The molecule has 84 valence electrons. The topological polar surface area (TPSA) is 32.5 Å². The molecule has 0 radical (unpaired) electrons. The Kier molecular flexibility index (Phi) is 5.45. The molecule has 0 aromatic heterocycles. The molecule has 0 aromatic rings. The van der Waals surface area contributed by atoms with Crippen LogP contribution >= 0.6 is 0 Å². The Morgan fingerprint density at radius 2 is 2.14 bits per heavy atom. The maximum Gasteiger partial charge on any atom is 0.00222 e. The van der Waals surface area contributed by atoms with E-state index in [4.69, 9.17) is 5.73 Å². The fraction of sp³-hybridized carbons (Fsp3) is 1.00. The van der Waals surface area contributed by atoms with Crippen LogP contribution in [-0.2, 0) is 0 Å². The molecular formula is C11H25N3. The molecule has 0 bridgehead atoms. The number of nitrogens with two attached hydrogens (primary N) is 1. The monoisotopic (exact) mass is 199 g/mol. The molecule has 0 aromatic carbocycles. The quantitative estimate of drug-likeness (QED) is 0.636. The minimum absolute atomic E-state index is 0.767. The smallest absolute Gasteiger partial charge is 0.00222 e. The number of hydrogen-bond acceptors (Lipinski definition) is 3. The van der Waals surface area contributed by atoms with E-state index in [2.05, 4.69) is 23.9 Å². The van der Waals surface area contributed by atoms with E-state index in [0.29, 0.717) is 0 Å². The highest BCUT2D eigenvalue weighted by Crippen LogP contribution is 2.14. The second-order valence-electron chi connectivity index (χ2n) is 4.70. The van der Waals surface area contributed by atoms with Crippen molar-refractivity contribution in [2.24, 2.45) is 11.7 Å². The molecule has 0 spiro atoms. The maximum absolute atomic E-state index is 5.66. The van der Waals surface area contributed by atoms with Gasteiger partial charge in [0.2, 0.25) is 0 Å². The van der Waals surface area contributed by atoms with Gasteiger partial charge in [0.25, 0.3) is 0 Å². The molecule has 1 unspecified atom stereocenters.